The van der Waals surface area contributed by atoms with E-state index in [1.807, 2.05) is 20.0 Å². The predicted molar refractivity (Wildman–Crippen MR) is 128 cm³/mol. The maximum atomic E-state index is 13.3. The summed E-state index contributed by atoms with van der Waals surface area (Å²) >= 11 is 0. The van der Waals surface area contributed by atoms with Crippen molar-refractivity contribution in [1.82, 2.24) is 20.5 Å². The zero-order valence-corrected chi connectivity index (χ0v) is 19.3. The summed E-state index contributed by atoms with van der Waals surface area (Å²) in [7, 11) is 0. The Bertz CT molecular complexity index is 1160. The molecule has 1 aliphatic heterocycles. The Morgan fingerprint density at radius 3 is 2.68 bits per heavy atom. The highest BCUT2D eigenvalue weighted by Crippen LogP contribution is 2.23. The third kappa shape index (κ3) is 6.21. The molecular weight excluding hydrogens is 433 g/mol. The van der Waals surface area contributed by atoms with Crippen molar-refractivity contribution >= 4 is 11.7 Å². The van der Waals surface area contributed by atoms with Crippen LogP contribution < -0.4 is 10.2 Å². The molecule has 3 aromatic rings. The lowest BCUT2D eigenvalue weighted by Crippen LogP contribution is -2.46. The molecule has 0 aliphatic carbocycles. The Morgan fingerprint density at radius 1 is 1.21 bits per heavy atom. The van der Waals surface area contributed by atoms with Gasteiger partial charge in [-0.1, -0.05) is 11.8 Å². The fraction of sp³-hybridized carbons (Fsp3) is 0.346. The van der Waals surface area contributed by atoms with Crippen molar-refractivity contribution in [3.8, 4) is 11.8 Å². The molecular formula is C26H28FN5O2. The summed E-state index contributed by atoms with van der Waals surface area (Å²) in [6.45, 7) is 5.96. The molecule has 2 N–H and O–H groups in total. The van der Waals surface area contributed by atoms with E-state index in [-0.39, 0.29) is 23.9 Å². The Labute approximate surface area is 198 Å². The average Bonchev–Trinajstić information content (AvgIpc) is 3.34. The van der Waals surface area contributed by atoms with Crippen molar-refractivity contribution in [3.05, 3.63) is 77.0 Å². The lowest BCUT2D eigenvalue weighted by atomic mass is 10.1. The number of pyridine rings is 1. The topological polar surface area (TPSA) is 83.1 Å². The lowest BCUT2D eigenvalue weighted by molar-refractivity contribution is -0.00547. The molecule has 176 valence electrons. The molecule has 0 bridgehead atoms. The van der Waals surface area contributed by atoms with Gasteiger partial charge in [-0.25, -0.2) is 9.37 Å². The Hall–Kier alpha value is -3.70. The molecule has 2 atom stereocenters. The van der Waals surface area contributed by atoms with E-state index in [4.69, 9.17) is 4.74 Å². The van der Waals surface area contributed by atoms with Crippen LogP contribution in [-0.2, 0) is 11.2 Å². The maximum absolute atomic E-state index is 13.3. The third-order valence-corrected chi connectivity index (χ3v) is 5.52. The van der Waals surface area contributed by atoms with Gasteiger partial charge < -0.3 is 15.0 Å². The van der Waals surface area contributed by atoms with Gasteiger partial charge in [-0.3, -0.25) is 9.89 Å². The van der Waals surface area contributed by atoms with Crippen LogP contribution in [0.4, 0.5) is 10.2 Å². The molecule has 0 radical (unpaired) electrons. The number of nitrogens with zero attached hydrogens (tertiary/aromatic N) is 3. The normalized spacial score (nSPS) is 17.7. The fourth-order valence-corrected chi connectivity index (χ4v) is 3.96. The Morgan fingerprint density at radius 2 is 1.97 bits per heavy atom. The minimum Gasteiger partial charge on any atom is -0.372 e. The number of amides is 1. The van der Waals surface area contributed by atoms with E-state index in [0.717, 1.165) is 18.4 Å². The summed E-state index contributed by atoms with van der Waals surface area (Å²) in [6.07, 6.45) is 6.97. The number of morpholine rings is 1. The lowest BCUT2D eigenvalue weighted by Gasteiger charge is -2.36. The number of rotatable bonds is 6. The van der Waals surface area contributed by atoms with Crippen molar-refractivity contribution < 1.29 is 13.9 Å². The summed E-state index contributed by atoms with van der Waals surface area (Å²) in [5, 5.41) is 9.66. The second-order valence-electron chi connectivity index (χ2n) is 8.48. The van der Waals surface area contributed by atoms with Crippen molar-refractivity contribution in [2.24, 2.45) is 0 Å². The summed E-state index contributed by atoms with van der Waals surface area (Å²) in [4.78, 5) is 19.5. The summed E-state index contributed by atoms with van der Waals surface area (Å²) < 4.78 is 19.1. The summed E-state index contributed by atoms with van der Waals surface area (Å²) in [6, 6.07) is 7.79. The van der Waals surface area contributed by atoms with Gasteiger partial charge in [0.25, 0.3) is 5.91 Å². The first kappa shape index (κ1) is 23.5. The number of nitrogens with one attached hydrogen (secondary N) is 2. The van der Waals surface area contributed by atoms with Crippen molar-refractivity contribution in [1.29, 1.82) is 0 Å². The molecule has 0 saturated carbocycles. The monoisotopic (exact) mass is 461 g/mol. The van der Waals surface area contributed by atoms with Crippen LogP contribution in [-0.4, -0.2) is 52.9 Å². The Balaban J connectivity index is 1.53. The first-order valence-corrected chi connectivity index (χ1v) is 11.4. The highest BCUT2D eigenvalue weighted by molar-refractivity contribution is 5.94. The molecule has 1 saturated heterocycles. The SMILES string of the molecule is CC1CN(c2ncc(C(=O)NCCCc3cn[nH]c3)cc2C#Cc2ccc(F)cc2)CC(C)O1. The number of benzene rings is 1. The molecule has 1 amide bonds. The molecule has 34 heavy (non-hydrogen) atoms. The molecule has 1 aliphatic rings. The molecule has 7 nitrogen and oxygen atoms in total. The summed E-state index contributed by atoms with van der Waals surface area (Å²) in [5.41, 5.74) is 2.89. The number of H-pyrrole nitrogens is 1. The van der Waals surface area contributed by atoms with Crippen molar-refractivity contribution in [3.63, 3.8) is 0 Å². The van der Waals surface area contributed by atoms with E-state index in [9.17, 15) is 9.18 Å². The highest BCUT2D eigenvalue weighted by Gasteiger charge is 2.25. The van der Waals surface area contributed by atoms with Crippen LogP contribution in [0.5, 0.6) is 0 Å². The van der Waals surface area contributed by atoms with Gasteiger partial charge in [-0.05, 0) is 62.6 Å². The largest absolute Gasteiger partial charge is 0.372 e. The van der Waals surface area contributed by atoms with Crippen LogP contribution >= 0.6 is 0 Å². The van der Waals surface area contributed by atoms with E-state index in [1.165, 1.54) is 12.1 Å². The van der Waals surface area contributed by atoms with E-state index in [1.54, 1.807) is 30.6 Å². The van der Waals surface area contributed by atoms with Crippen LogP contribution in [0.15, 0.2) is 48.9 Å². The number of hydrogen-bond acceptors (Lipinski definition) is 5. The zero-order chi connectivity index (χ0) is 23.9. The molecule has 2 aromatic heterocycles. The van der Waals surface area contributed by atoms with E-state index < -0.39 is 0 Å². The van der Waals surface area contributed by atoms with E-state index in [0.29, 0.717) is 42.1 Å². The maximum Gasteiger partial charge on any atom is 0.252 e. The molecule has 4 rings (SSSR count). The van der Waals surface area contributed by atoms with E-state index >= 15 is 0 Å². The number of hydrogen-bond donors (Lipinski definition) is 2. The summed E-state index contributed by atoms with van der Waals surface area (Å²) in [5.74, 6) is 6.43. The fourth-order valence-electron chi connectivity index (χ4n) is 3.96. The molecule has 8 heteroatoms. The quantitative estimate of drug-likeness (QED) is 0.435. The van der Waals surface area contributed by atoms with Gasteiger partial charge in [0.2, 0.25) is 0 Å². The van der Waals surface area contributed by atoms with E-state index in [2.05, 4.69) is 37.2 Å². The van der Waals surface area contributed by atoms with Crippen molar-refractivity contribution in [2.45, 2.75) is 38.9 Å². The van der Waals surface area contributed by atoms with Crippen LogP contribution in [0.1, 0.15) is 47.3 Å². The van der Waals surface area contributed by atoms with Gasteiger partial charge in [0.15, 0.2) is 0 Å². The predicted octanol–water partition coefficient (Wildman–Crippen LogP) is 3.32. The second-order valence-corrected chi connectivity index (χ2v) is 8.48. The number of anilines is 1. The van der Waals surface area contributed by atoms with Gasteiger partial charge in [0.1, 0.15) is 11.6 Å². The van der Waals surface area contributed by atoms with Crippen LogP contribution in [0, 0.1) is 17.7 Å². The molecule has 2 unspecified atom stereocenters. The number of aryl methyl sites for hydroxylation is 1. The van der Waals surface area contributed by atoms with Gasteiger partial charge >= 0.3 is 0 Å². The smallest absolute Gasteiger partial charge is 0.252 e. The number of aromatic amines is 1. The highest BCUT2D eigenvalue weighted by atomic mass is 19.1. The first-order chi connectivity index (χ1) is 16.5. The average molecular weight is 462 g/mol. The number of ether oxygens (including phenoxy) is 1. The Kier molecular flexibility index (Phi) is 7.55. The van der Waals surface area contributed by atoms with Crippen LogP contribution in [0.2, 0.25) is 0 Å². The zero-order valence-electron chi connectivity index (χ0n) is 19.3. The first-order valence-electron chi connectivity index (χ1n) is 11.4. The van der Waals surface area contributed by atoms with Gasteiger partial charge in [0.05, 0.1) is 29.5 Å². The molecule has 1 fully saturated rings. The van der Waals surface area contributed by atoms with Gasteiger partial charge in [-0.15, -0.1) is 0 Å². The number of carbonyl (C=O) groups excluding carboxylic acids is 1. The molecule has 1 aromatic carbocycles. The standard InChI is InChI=1S/C26H28FN5O2/c1-18-16-32(17-19(2)34-18)25-22(8-5-20-6-9-24(27)10-7-20)12-23(15-29-25)26(33)28-11-3-4-21-13-30-31-14-21/h6-7,9-10,12-15,18-19H,3-4,11,16-17H2,1-2H3,(H,28,33)(H,30,31). The second kappa shape index (κ2) is 10.9. The third-order valence-electron chi connectivity index (χ3n) is 5.52. The van der Waals surface area contributed by atoms with Crippen molar-refractivity contribution in [2.75, 3.05) is 24.5 Å². The molecule has 0 spiro atoms. The number of aromatic nitrogens is 3. The number of halogens is 1. The van der Waals surface area contributed by atoms with Crippen LogP contribution in [0.3, 0.4) is 0 Å². The minimum atomic E-state index is -0.310. The minimum absolute atomic E-state index is 0.0571. The van der Waals surface area contributed by atoms with Gasteiger partial charge in [-0.2, -0.15) is 5.10 Å². The molecule has 3 heterocycles. The van der Waals surface area contributed by atoms with Gasteiger partial charge in [0, 0.05) is 37.6 Å². The number of carbonyl (C=O) groups is 1. The van der Waals surface area contributed by atoms with Crippen LogP contribution in [0.25, 0.3) is 0 Å².